The highest BCUT2D eigenvalue weighted by atomic mass is 32.2. The van der Waals surface area contributed by atoms with Crippen molar-refractivity contribution in [1.82, 2.24) is 4.31 Å². The van der Waals surface area contributed by atoms with Gasteiger partial charge in [-0.25, -0.2) is 12.8 Å². The first-order valence-electron chi connectivity index (χ1n) is 7.96. The Morgan fingerprint density at radius 2 is 1.96 bits per heavy atom. The van der Waals surface area contributed by atoms with Crippen molar-refractivity contribution in [3.63, 3.8) is 0 Å². The standard InChI is InChI=1S/C18H20FNO3S/c1-2-14-6-8-17(9-7-14)24(21,22)20-10-11-23-13-18(20)15-4-3-5-16(19)12-15/h3-9,12,18H,2,10-11,13H2,1H3. The fraction of sp³-hybridized carbons (Fsp3) is 0.333. The van der Waals surface area contributed by atoms with Crippen LogP contribution >= 0.6 is 0 Å². The van der Waals surface area contributed by atoms with E-state index in [1.54, 1.807) is 24.3 Å². The Hall–Kier alpha value is -1.76. The van der Waals surface area contributed by atoms with Crippen molar-refractivity contribution in [3.8, 4) is 0 Å². The molecule has 0 amide bonds. The summed E-state index contributed by atoms with van der Waals surface area (Å²) < 4.78 is 46.5. The van der Waals surface area contributed by atoms with Crippen LogP contribution in [0.25, 0.3) is 0 Å². The fourth-order valence-corrected chi connectivity index (χ4v) is 4.47. The van der Waals surface area contributed by atoms with Gasteiger partial charge in [0.25, 0.3) is 0 Å². The molecule has 0 bridgehead atoms. The summed E-state index contributed by atoms with van der Waals surface area (Å²) in [5, 5.41) is 0. The molecule has 128 valence electrons. The summed E-state index contributed by atoms with van der Waals surface area (Å²) in [5.41, 5.74) is 1.68. The monoisotopic (exact) mass is 349 g/mol. The summed E-state index contributed by atoms with van der Waals surface area (Å²) in [6.45, 7) is 2.82. The van der Waals surface area contributed by atoms with E-state index in [0.717, 1.165) is 12.0 Å². The fourth-order valence-electron chi connectivity index (χ4n) is 2.89. The lowest BCUT2D eigenvalue weighted by atomic mass is 10.1. The van der Waals surface area contributed by atoms with Gasteiger partial charge in [-0.15, -0.1) is 0 Å². The molecule has 1 fully saturated rings. The smallest absolute Gasteiger partial charge is 0.243 e. The van der Waals surface area contributed by atoms with Gasteiger partial charge in [-0.1, -0.05) is 31.2 Å². The van der Waals surface area contributed by atoms with Gasteiger partial charge in [0.1, 0.15) is 5.82 Å². The van der Waals surface area contributed by atoms with Crippen LogP contribution in [0.4, 0.5) is 4.39 Å². The maximum atomic E-state index is 13.5. The van der Waals surface area contributed by atoms with Crippen LogP contribution in [0.5, 0.6) is 0 Å². The number of hydrogen-bond donors (Lipinski definition) is 0. The van der Waals surface area contributed by atoms with E-state index in [9.17, 15) is 12.8 Å². The summed E-state index contributed by atoms with van der Waals surface area (Å²) >= 11 is 0. The number of benzene rings is 2. The van der Waals surface area contributed by atoms with Crippen LogP contribution in [-0.2, 0) is 21.2 Å². The second kappa shape index (κ2) is 7.01. The van der Waals surface area contributed by atoms with Gasteiger partial charge in [0.15, 0.2) is 0 Å². The quantitative estimate of drug-likeness (QED) is 0.852. The summed E-state index contributed by atoms with van der Waals surface area (Å²) in [6, 6.07) is 12.4. The third kappa shape index (κ3) is 3.36. The molecule has 0 spiro atoms. The van der Waals surface area contributed by atoms with E-state index >= 15 is 0 Å². The molecule has 4 nitrogen and oxygen atoms in total. The Balaban J connectivity index is 1.96. The molecular weight excluding hydrogens is 329 g/mol. The van der Waals surface area contributed by atoms with Crippen molar-refractivity contribution in [1.29, 1.82) is 0 Å². The predicted molar refractivity (Wildman–Crippen MR) is 89.7 cm³/mol. The van der Waals surface area contributed by atoms with Crippen molar-refractivity contribution in [2.24, 2.45) is 0 Å². The molecule has 3 rings (SSSR count). The molecule has 1 aliphatic rings. The van der Waals surface area contributed by atoms with Crippen molar-refractivity contribution in [2.45, 2.75) is 24.3 Å². The van der Waals surface area contributed by atoms with E-state index in [1.165, 1.54) is 16.4 Å². The van der Waals surface area contributed by atoms with Crippen LogP contribution in [0.1, 0.15) is 24.1 Å². The second-order valence-electron chi connectivity index (χ2n) is 5.76. The lowest BCUT2D eigenvalue weighted by Crippen LogP contribution is -2.43. The molecule has 1 aliphatic heterocycles. The van der Waals surface area contributed by atoms with Gasteiger partial charge >= 0.3 is 0 Å². The van der Waals surface area contributed by atoms with Crippen LogP contribution in [-0.4, -0.2) is 32.5 Å². The van der Waals surface area contributed by atoms with Gasteiger partial charge in [-0.3, -0.25) is 0 Å². The Kier molecular flexibility index (Phi) is 4.99. The predicted octanol–water partition coefficient (Wildman–Crippen LogP) is 3.15. The van der Waals surface area contributed by atoms with Gasteiger partial charge < -0.3 is 4.74 Å². The minimum atomic E-state index is -3.67. The summed E-state index contributed by atoms with van der Waals surface area (Å²) in [7, 11) is -3.67. The van der Waals surface area contributed by atoms with Crippen LogP contribution in [0.3, 0.4) is 0 Å². The minimum Gasteiger partial charge on any atom is -0.378 e. The van der Waals surface area contributed by atoms with Gasteiger partial charge in [0.2, 0.25) is 10.0 Å². The Morgan fingerprint density at radius 1 is 1.21 bits per heavy atom. The lowest BCUT2D eigenvalue weighted by Gasteiger charge is -2.34. The van der Waals surface area contributed by atoms with E-state index in [0.29, 0.717) is 12.2 Å². The Morgan fingerprint density at radius 3 is 2.62 bits per heavy atom. The summed E-state index contributed by atoms with van der Waals surface area (Å²) in [4.78, 5) is 0.253. The van der Waals surface area contributed by atoms with E-state index < -0.39 is 16.1 Å². The van der Waals surface area contributed by atoms with Gasteiger partial charge in [0, 0.05) is 6.54 Å². The number of hydrogen-bond acceptors (Lipinski definition) is 3. The van der Waals surface area contributed by atoms with E-state index in [4.69, 9.17) is 4.74 Å². The molecule has 6 heteroatoms. The van der Waals surface area contributed by atoms with Crippen LogP contribution in [0.2, 0.25) is 0 Å². The SMILES string of the molecule is CCc1ccc(S(=O)(=O)N2CCOCC2c2cccc(F)c2)cc1. The molecule has 24 heavy (non-hydrogen) atoms. The van der Waals surface area contributed by atoms with Crippen molar-refractivity contribution in [2.75, 3.05) is 19.8 Å². The Bertz CT molecular complexity index is 805. The zero-order valence-electron chi connectivity index (χ0n) is 13.5. The highest BCUT2D eigenvalue weighted by Crippen LogP contribution is 2.30. The normalized spacial score (nSPS) is 19.3. The number of nitrogens with zero attached hydrogens (tertiary/aromatic N) is 1. The molecule has 1 heterocycles. The molecule has 0 saturated carbocycles. The third-order valence-corrected chi connectivity index (χ3v) is 6.17. The molecule has 0 radical (unpaired) electrons. The number of morpholine rings is 1. The number of rotatable bonds is 4. The van der Waals surface area contributed by atoms with Gasteiger partial charge in [-0.05, 0) is 41.8 Å². The van der Waals surface area contributed by atoms with E-state index in [-0.39, 0.29) is 23.9 Å². The largest absolute Gasteiger partial charge is 0.378 e. The number of halogens is 1. The maximum Gasteiger partial charge on any atom is 0.243 e. The van der Waals surface area contributed by atoms with Crippen molar-refractivity contribution in [3.05, 3.63) is 65.5 Å². The van der Waals surface area contributed by atoms with Gasteiger partial charge in [-0.2, -0.15) is 4.31 Å². The molecule has 2 aromatic carbocycles. The number of aryl methyl sites for hydroxylation is 1. The molecule has 1 atom stereocenters. The molecule has 1 unspecified atom stereocenters. The number of sulfonamides is 1. The Labute approximate surface area is 141 Å². The lowest BCUT2D eigenvalue weighted by molar-refractivity contribution is 0.0320. The topological polar surface area (TPSA) is 46.6 Å². The highest BCUT2D eigenvalue weighted by Gasteiger charge is 2.35. The average molecular weight is 349 g/mol. The maximum absolute atomic E-state index is 13.5. The number of ether oxygens (including phenoxy) is 1. The molecule has 2 aromatic rings. The first-order chi connectivity index (χ1) is 11.5. The third-order valence-electron chi connectivity index (χ3n) is 4.25. The van der Waals surface area contributed by atoms with Crippen LogP contribution < -0.4 is 0 Å². The first-order valence-corrected chi connectivity index (χ1v) is 9.40. The minimum absolute atomic E-state index is 0.218. The summed E-state index contributed by atoms with van der Waals surface area (Å²) in [6.07, 6.45) is 0.851. The van der Waals surface area contributed by atoms with E-state index in [1.807, 2.05) is 19.1 Å². The molecular formula is C18H20FNO3S. The van der Waals surface area contributed by atoms with Crippen LogP contribution in [0, 0.1) is 5.82 Å². The van der Waals surface area contributed by atoms with E-state index in [2.05, 4.69) is 0 Å². The second-order valence-corrected chi connectivity index (χ2v) is 7.65. The zero-order valence-corrected chi connectivity index (χ0v) is 14.3. The first kappa shape index (κ1) is 17.1. The summed E-state index contributed by atoms with van der Waals surface area (Å²) in [5.74, 6) is -0.386. The molecule has 1 saturated heterocycles. The van der Waals surface area contributed by atoms with Crippen molar-refractivity contribution < 1.29 is 17.5 Å². The molecule has 0 aromatic heterocycles. The average Bonchev–Trinajstić information content (AvgIpc) is 2.62. The molecule has 0 N–H and O–H groups in total. The highest BCUT2D eigenvalue weighted by molar-refractivity contribution is 7.89. The zero-order chi connectivity index (χ0) is 17.2. The van der Waals surface area contributed by atoms with Crippen molar-refractivity contribution >= 4 is 10.0 Å². The van der Waals surface area contributed by atoms with Crippen LogP contribution in [0.15, 0.2) is 53.4 Å². The van der Waals surface area contributed by atoms with Gasteiger partial charge in [0.05, 0.1) is 24.2 Å². The molecule has 0 aliphatic carbocycles.